The topological polar surface area (TPSA) is 63.1 Å². The van der Waals surface area contributed by atoms with Crippen LogP contribution >= 0.6 is 0 Å². The minimum Gasteiger partial charge on any atom is -0.478 e. The molecule has 1 saturated heterocycles. The van der Waals surface area contributed by atoms with Gasteiger partial charge in [0.05, 0.1) is 25.3 Å². The Morgan fingerprint density at radius 3 is 2.70 bits per heavy atom. The van der Waals surface area contributed by atoms with Crippen LogP contribution in [0.4, 0.5) is 5.69 Å². The fourth-order valence-electron chi connectivity index (χ4n) is 3.94. The van der Waals surface area contributed by atoms with Gasteiger partial charge in [-0.1, -0.05) is 19.1 Å². The van der Waals surface area contributed by atoms with E-state index in [9.17, 15) is 9.59 Å². The summed E-state index contributed by atoms with van der Waals surface area (Å²) in [6.45, 7) is 6.25. The summed E-state index contributed by atoms with van der Waals surface area (Å²) in [5, 5.41) is 2.98. The van der Waals surface area contributed by atoms with Gasteiger partial charge in [0.1, 0.15) is 12.3 Å². The van der Waals surface area contributed by atoms with Crippen molar-refractivity contribution in [3.05, 3.63) is 24.3 Å². The summed E-state index contributed by atoms with van der Waals surface area (Å²) >= 11 is 0. The maximum atomic E-state index is 12.6. The van der Waals surface area contributed by atoms with Gasteiger partial charge in [-0.15, -0.1) is 0 Å². The van der Waals surface area contributed by atoms with Crippen molar-refractivity contribution in [3.63, 3.8) is 0 Å². The minimum absolute atomic E-state index is 0.0479. The number of quaternary nitrogens is 1. The summed E-state index contributed by atoms with van der Waals surface area (Å²) in [4.78, 5) is 28.3. The van der Waals surface area contributed by atoms with Crippen molar-refractivity contribution in [1.29, 1.82) is 0 Å². The molecule has 1 fully saturated rings. The number of rotatable bonds is 7. The fraction of sp³-hybridized carbons (Fsp3) is 0.619. The van der Waals surface area contributed by atoms with Gasteiger partial charge in [0, 0.05) is 13.0 Å². The highest BCUT2D eigenvalue weighted by atomic mass is 16.5. The second-order valence-corrected chi connectivity index (χ2v) is 7.52. The van der Waals surface area contributed by atoms with E-state index in [4.69, 9.17) is 4.74 Å². The predicted octanol–water partition coefficient (Wildman–Crippen LogP) is 1.16. The third-order valence-electron chi connectivity index (χ3n) is 5.48. The van der Waals surface area contributed by atoms with Crippen LogP contribution in [0, 0.1) is 0 Å². The number of benzene rings is 1. The molecule has 0 aromatic heterocycles. The molecule has 6 nitrogen and oxygen atoms in total. The molecule has 0 aliphatic carbocycles. The zero-order chi connectivity index (χ0) is 19.1. The lowest BCUT2D eigenvalue weighted by Crippen LogP contribution is -3.11. The third kappa shape index (κ3) is 5.22. The molecule has 2 aliphatic heterocycles. The van der Waals surface area contributed by atoms with Crippen molar-refractivity contribution >= 4 is 17.5 Å². The maximum Gasteiger partial charge on any atom is 0.268 e. The van der Waals surface area contributed by atoms with Gasteiger partial charge in [-0.3, -0.25) is 14.5 Å². The average Bonchev–Trinajstić information content (AvgIpc) is 2.96. The van der Waals surface area contributed by atoms with Crippen molar-refractivity contribution in [2.24, 2.45) is 0 Å². The highest BCUT2D eigenvalue weighted by Gasteiger charge is 2.34. The van der Waals surface area contributed by atoms with Gasteiger partial charge in [0.2, 0.25) is 5.91 Å². The molecule has 0 spiro atoms. The number of carbonyl (C=O) groups is 2. The Bertz CT molecular complexity index is 641. The maximum absolute atomic E-state index is 12.6. The zero-order valence-electron chi connectivity index (χ0n) is 16.3. The van der Waals surface area contributed by atoms with Crippen molar-refractivity contribution in [1.82, 2.24) is 5.32 Å². The molecular formula is C21H32N3O3+. The molecule has 148 valence electrons. The molecule has 1 aromatic rings. The lowest BCUT2D eigenvalue weighted by atomic mass is 10.1. The van der Waals surface area contributed by atoms with E-state index >= 15 is 0 Å². The quantitative estimate of drug-likeness (QED) is 0.704. The predicted molar refractivity (Wildman–Crippen MR) is 105 cm³/mol. The van der Waals surface area contributed by atoms with Crippen LogP contribution in [-0.2, 0) is 9.59 Å². The number of nitrogens with one attached hydrogen (secondary N) is 2. The van der Waals surface area contributed by atoms with E-state index in [0.29, 0.717) is 24.4 Å². The lowest BCUT2D eigenvalue weighted by Gasteiger charge is -2.33. The number of fused-ring (bicyclic) bond motifs is 1. The summed E-state index contributed by atoms with van der Waals surface area (Å²) < 4.78 is 5.76. The van der Waals surface area contributed by atoms with Crippen LogP contribution in [0.15, 0.2) is 24.3 Å². The summed E-state index contributed by atoms with van der Waals surface area (Å²) in [6, 6.07) is 7.41. The van der Waals surface area contributed by atoms with Crippen molar-refractivity contribution < 1.29 is 19.2 Å². The van der Waals surface area contributed by atoms with E-state index < -0.39 is 6.10 Å². The number of ether oxygens (including phenoxy) is 1. The van der Waals surface area contributed by atoms with Crippen LogP contribution in [0.1, 0.15) is 45.4 Å². The molecule has 2 amide bonds. The number of para-hydroxylation sites is 2. The normalized spacial score (nSPS) is 20.6. The van der Waals surface area contributed by atoms with E-state index in [1.54, 1.807) is 9.80 Å². The SMILES string of the molecule is CCC1Oc2ccccc2N(CC(=O)NCCC[NH+]2CCCCCC2)C1=O. The Labute approximate surface area is 161 Å². The summed E-state index contributed by atoms with van der Waals surface area (Å²) in [6.07, 6.45) is 6.40. The number of hydrogen-bond donors (Lipinski definition) is 2. The molecule has 1 aromatic carbocycles. The molecule has 3 rings (SSSR count). The number of nitrogens with zero attached hydrogens (tertiary/aromatic N) is 1. The Kier molecular flexibility index (Phi) is 7.10. The van der Waals surface area contributed by atoms with Crippen molar-refractivity contribution in [2.75, 3.05) is 37.6 Å². The number of anilines is 1. The molecule has 2 N–H and O–H groups in total. The van der Waals surface area contributed by atoms with Gasteiger partial charge in [-0.25, -0.2) is 0 Å². The van der Waals surface area contributed by atoms with Crippen LogP contribution in [0.25, 0.3) is 0 Å². The minimum atomic E-state index is -0.515. The molecule has 0 radical (unpaired) electrons. The molecule has 6 heteroatoms. The fourth-order valence-corrected chi connectivity index (χ4v) is 3.94. The van der Waals surface area contributed by atoms with E-state index in [0.717, 1.165) is 13.0 Å². The molecule has 27 heavy (non-hydrogen) atoms. The summed E-state index contributed by atoms with van der Waals surface area (Å²) in [7, 11) is 0. The van der Waals surface area contributed by atoms with Gasteiger partial charge in [-0.05, 0) is 44.2 Å². The molecule has 2 heterocycles. The second-order valence-electron chi connectivity index (χ2n) is 7.52. The van der Waals surface area contributed by atoms with Crippen LogP contribution in [0.3, 0.4) is 0 Å². The van der Waals surface area contributed by atoms with Crippen LogP contribution in [0.5, 0.6) is 5.75 Å². The van der Waals surface area contributed by atoms with E-state index in [1.165, 1.54) is 38.8 Å². The Morgan fingerprint density at radius 2 is 1.96 bits per heavy atom. The third-order valence-corrected chi connectivity index (χ3v) is 5.48. The van der Waals surface area contributed by atoms with Gasteiger partial charge in [0.15, 0.2) is 6.10 Å². The molecule has 0 bridgehead atoms. The molecule has 1 atom stereocenters. The largest absolute Gasteiger partial charge is 0.478 e. The average molecular weight is 375 g/mol. The Morgan fingerprint density at radius 1 is 1.22 bits per heavy atom. The molecule has 2 aliphatic rings. The molecule has 0 saturated carbocycles. The van der Waals surface area contributed by atoms with Gasteiger partial charge >= 0.3 is 0 Å². The highest BCUT2D eigenvalue weighted by Crippen LogP contribution is 2.34. The standard InChI is InChI=1S/C21H31N3O3/c1-2-18-21(26)24(17-10-5-6-11-19(17)27-18)16-20(25)22-12-9-15-23-13-7-3-4-8-14-23/h5-6,10-11,18H,2-4,7-9,12-16H2,1H3,(H,22,25)/p+1. The van der Waals surface area contributed by atoms with Crippen LogP contribution in [0.2, 0.25) is 0 Å². The number of likely N-dealkylation sites (tertiary alicyclic amines) is 1. The first-order valence-electron chi connectivity index (χ1n) is 10.4. The first kappa shape index (κ1) is 19.7. The number of amides is 2. The first-order chi connectivity index (χ1) is 13.2. The Balaban J connectivity index is 1.48. The van der Waals surface area contributed by atoms with Gasteiger partial charge < -0.3 is 15.0 Å². The van der Waals surface area contributed by atoms with Crippen LogP contribution < -0.4 is 19.9 Å². The lowest BCUT2D eigenvalue weighted by molar-refractivity contribution is -0.899. The second kappa shape index (κ2) is 9.74. The smallest absolute Gasteiger partial charge is 0.268 e. The summed E-state index contributed by atoms with van der Waals surface area (Å²) in [5.74, 6) is 0.419. The number of carbonyl (C=O) groups excluding carboxylic acids is 2. The van der Waals surface area contributed by atoms with E-state index in [2.05, 4.69) is 5.32 Å². The van der Waals surface area contributed by atoms with Crippen LogP contribution in [-0.4, -0.2) is 50.6 Å². The zero-order valence-corrected chi connectivity index (χ0v) is 16.3. The summed E-state index contributed by atoms with van der Waals surface area (Å²) in [5.41, 5.74) is 0.677. The first-order valence-corrected chi connectivity index (χ1v) is 10.4. The van der Waals surface area contributed by atoms with Gasteiger partial charge in [-0.2, -0.15) is 0 Å². The molecule has 1 unspecified atom stereocenters. The number of hydrogen-bond acceptors (Lipinski definition) is 3. The van der Waals surface area contributed by atoms with Crippen molar-refractivity contribution in [2.45, 2.75) is 51.6 Å². The van der Waals surface area contributed by atoms with E-state index in [1.807, 2.05) is 31.2 Å². The van der Waals surface area contributed by atoms with E-state index in [-0.39, 0.29) is 18.4 Å². The highest BCUT2D eigenvalue weighted by molar-refractivity contribution is 6.03. The van der Waals surface area contributed by atoms with Crippen molar-refractivity contribution in [3.8, 4) is 5.75 Å². The van der Waals surface area contributed by atoms with Gasteiger partial charge in [0.25, 0.3) is 5.91 Å². The Hall–Kier alpha value is -2.08. The monoisotopic (exact) mass is 374 g/mol. The molecular weight excluding hydrogens is 342 g/mol.